The summed E-state index contributed by atoms with van der Waals surface area (Å²) >= 11 is 0. The van der Waals surface area contributed by atoms with E-state index in [1.165, 1.54) is 6.07 Å². The van der Waals surface area contributed by atoms with Gasteiger partial charge in [-0.2, -0.15) is 0 Å². The first-order valence-corrected chi connectivity index (χ1v) is 9.47. The molecule has 3 N–H and O–H groups in total. The van der Waals surface area contributed by atoms with E-state index >= 15 is 0 Å². The highest BCUT2D eigenvalue weighted by Crippen LogP contribution is 2.37. The smallest absolute Gasteiger partial charge is 0.201 e. The van der Waals surface area contributed by atoms with E-state index in [0.717, 1.165) is 17.2 Å². The maximum Gasteiger partial charge on any atom is 0.201 e. The number of phenolic OH excluding ortho intramolecular Hbond substituents is 3. The van der Waals surface area contributed by atoms with E-state index in [0.29, 0.717) is 5.56 Å². The maximum atomic E-state index is 12.0. The lowest BCUT2D eigenvalue weighted by atomic mass is 10.0. The van der Waals surface area contributed by atoms with Crippen LogP contribution in [0.25, 0.3) is 0 Å². The van der Waals surface area contributed by atoms with E-state index < -0.39 is 23.0 Å². The molecule has 0 aliphatic rings. The second kappa shape index (κ2) is 9.89. The van der Waals surface area contributed by atoms with Gasteiger partial charge in [-0.3, -0.25) is 9.59 Å². The molecule has 5 nitrogen and oxygen atoms in total. The van der Waals surface area contributed by atoms with Crippen LogP contribution in [0.1, 0.15) is 31.8 Å². The van der Waals surface area contributed by atoms with Crippen LogP contribution in [-0.4, -0.2) is 26.9 Å². The van der Waals surface area contributed by atoms with Crippen LogP contribution < -0.4 is 0 Å². The molecular weight excluding hydrogens is 392 g/mol. The molecule has 31 heavy (non-hydrogen) atoms. The van der Waals surface area contributed by atoms with Gasteiger partial charge in [-0.25, -0.2) is 0 Å². The lowest BCUT2D eigenvalue weighted by Crippen LogP contribution is -2.01. The van der Waals surface area contributed by atoms with Gasteiger partial charge in [0.1, 0.15) is 0 Å². The average Bonchev–Trinajstić information content (AvgIpc) is 2.84. The lowest BCUT2D eigenvalue weighted by molar-refractivity contribution is 0.102. The molecule has 0 aliphatic carbocycles. The van der Waals surface area contributed by atoms with E-state index in [1.54, 1.807) is 30.3 Å². The molecule has 0 fully saturated rings. The van der Waals surface area contributed by atoms with Crippen molar-refractivity contribution >= 4 is 11.6 Å². The second-order valence-electron chi connectivity index (χ2n) is 6.59. The summed E-state index contributed by atoms with van der Waals surface area (Å²) in [5, 5.41) is 28.1. The summed E-state index contributed by atoms with van der Waals surface area (Å²) in [6, 6.07) is 29.4. The first-order chi connectivity index (χ1) is 15.0. The lowest BCUT2D eigenvalue weighted by Gasteiger charge is -2.06. The van der Waals surface area contributed by atoms with Crippen molar-refractivity contribution in [2.75, 3.05) is 0 Å². The maximum absolute atomic E-state index is 12.0. The second-order valence-corrected chi connectivity index (χ2v) is 6.59. The van der Waals surface area contributed by atoms with Crippen LogP contribution in [0.2, 0.25) is 0 Å². The van der Waals surface area contributed by atoms with Crippen molar-refractivity contribution < 1.29 is 24.9 Å². The summed E-state index contributed by atoms with van der Waals surface area (Å²) in [5.41, 5.74) is 1.82. The average molecular weight is 412 g/mol. The van der Waals surface area contributed by atoms with Crippen LogP contribution in [0, 0.1) is 0 Å². The van der Waals surface area contributed by atoms with Crippen LogP contribution >= 0.6 is 0 Å². The summed E-state index contributed by atoms with van der Waals surface area (Å²) in [6.45, 7) is 0. The minimum absolute atomic E-state index is 0.0495. The predicted molar refractivity (Wildman–Crippen MR) is 118 cm³/mol. The molecule has 0 spiro atoms. The zero-order valence-corrected chi connectivity index (χ0v) is 16.5. The van der Waals surface area contributed by atoms with E-state index in [-0.39, 0.29) is 11.3 Å². The summed E-state index contributed by atoms with van der Waals surface area (Å²) in [6.07, 6.45) is 0. The van der Waals surface area contributed by atoms with Gasteiger partial charge in [-0.1, -0.05) is 91.0 Å². The molecule has 0 aromatic heterocycles. The molecule has 0 saturated heterocycles. The summed E-state index contributed by atoms with van der Waals surface area (Å²) in [5.74, 6) is -2.11. The van der Waals surface area contributed by atoms with E-state index in [4.69, 9.17) is 5.11 Å². The first kappa shape index (κ1) is 21.3. The van der Waals surface area contributed by atoms with Crippen molar-refractivity contribution in [2.45, 2.75) is 0 Å². The Kier molecular flexibility index (Phi) is 6.81. The zero-order valence-electron chi connectivity index (χ0n) is 16.5. The zero-order chi connectivity index (χ0) is 22.2. The van der Waals surface area contributed by atoms with E-state index in [2.05, 4.69) is 0 Å². The first-order valence-electron chi connectivity index (χ1n) is 9.47. The van der Waals surface area contributed by atoms with Gasteiger partial charge >= 0.3 is 0 Å². The molecule has 0 heterocycles. The summed E-state index contributed by atoms with van der Waals surface area (Å²) in [4.78, 5) is 23.8. The Morgan fingerprint density at radius 2 is 0.839 bits per heavy atom. The van der Waals surface area contributed by atoms with Crippen LogP contribution in [-0.2, 0) is 0 Å². The molecule has 0 unspecified atom stereocenters. The van der Waals surface area contributed by atoms with Crippen LogP contribution in [0.4, 0.5) is 0 Å². The van der Waals surface area contributed by atoms with Gasteiger partial charge in [-0.05, 0) is 12.1 Å². The van der Waals surface area contributed by atoms with Gasteiger partial charge < -0.3 is 15.3 Å². The molecule has 0 aliphatic heterocycles. The molecule has 0 radical (unpaired) electrons. The molecule has 154 valence electrons. The summed E-state index contributed by atoms with van der Waals surface area (Å²) < 4.78 is 0. The third-order valence-electron chi connectivity index (χ3n) is 4.48. The topological polar surface area (TPSA) is 94.8 Å². The van der Waals surface area contributed by atoms with Gasteiger partial charge in [0.15, 0.2) is 23.1 Å². The van der Waals surface area contributed by atoms with Crippen molar-refractivity contribution in [1.29, 1.82) is 0 Å². The molecular formula is C26H20O5. The number of hydrogen-bond acceptors (Lipinski definition) is 5. The third kappa shape index (κ3) is 5.16. The van der Waals surface area contributed by atoms with E-state index in [9.17, 15) is 19.8 Å². The normalized spacial score (nSPS) is 9.94. The standard InChI is InChI=1S/C13H10O4.C13H10O/c14-10-7-6-9(12(16)13(10)17)11(15)8-4-2-1-3-5-8;14-13(11-7-3-1-4-8-11)12-9-5-2-6-10-12/h1-7,14,16-17H;1-10H. The minimum atomic E-state index is -0.688. The van der Waals surface area contributed by atoms with Crippen LogP contribution in [0.3, 0.4) is 0 Å². The fraction of sp³-hybridized carbons (Fsp3) is 0. The number of hydrogen-bond donors (Lipinski definition) is 3. The van der Waals surface area contributed by atoms with Gasteiger partial charge in [0, 0.05) is 16.7 Å². The Labute approximate surface area is 179 Å². The molecule has 0 amide bonds. The highest BCUT2D eigenvalue weighted by molar-refractivity contribution is 6.11. The summed E-state index contributed by atoms with van der Waals surface area (Å²) in [7, 11) is 0. The molecule has 4 rings (SSSR count). The van der Waals surface area contributed by atoms with Gasteiger partial charge in [0.05, 0.1) is 5.56 Å². The minimum Gasteiger partial charge on any atom is -0.504 e. The number of ketones is 2. The van der Waals surface area contributed by atoms with Crippen molar-refractivity contribution in [3.8, 4) is 17.2 Å². The Balaban J connectivity index is 0.000000179. The molecule has 0 saturated carbocycles. The largest absolute Gasteiger partial charge is 0.504 e. The molecule has 0 atom stereocenters. The van der Waals surface area contributed by atoms with E-state index in [1.807, 2.05) is 60.7 Å². The third-order valence-corrected chi connectivity index (χ3v) is 4.48. The number of phenols is 3. The van der Waals surface area contributed by atoms with Crippen LogP contribution in [0.15, 0.2) is 103 Å². The number of carbonyl (C=O) groups is 2. The number of aromatic hydroxyl groups is 3. The molecule has 4 aromatic rings. The fourth-order valence-corrected chi connectivity index (χ4v) is 2.84. The Morgan fingerprint density at radius 1 is 0.452 bits per heavy atom. The van der Waals surface area contributed by atoms with Crippen LogP contribution in [0.5, 0.6) is 17.2 Å². The molecule has 0 bridgehead atoms. The van der Waals surface area contributed by atoms with Gasteiger partial charge in [0.2, 0.25) is 5.75 Å². The molecule has 4 aromatic carbocycles. The van der Waals surface area contributed by atoms with Gasteiger partial charge in [0.25, 0.3) is 0 Å². The Morgan fingerprint density at radius 3 is 1.26 bits per heavy atom. The Hall–Kier alpha value is -4.38. The van der Waals surface area contributed by atoms with Crippen molar-refractivity contribution in [1.82, 2.24) is 0 Å². The van der Waals surface area contributed by atoms with Crippen molar-refractivity contribution in [3.63, 3.8) is 0 Å². The number of rotatable bonds is 4. The monoisotopic (exact) mass is 412 g/mol. The van der Waals surface area contributed by atoms with Gasteiger partial charge in [-0.15, -0.1) is 0 Å². The number of benzene rings is 4. The number of carbonyl (C=O) groups excluding carboxylic acids is 2. The highest BCUT2D eigenvalue weighted by atomic mass is 16.3. The SMILES string of the molecule is O=C(c1ccccc1)c1ccc(O)c(O)c1O.O=C(c1ccccc1)c1ccccc1. The fourth-order valence-electron chi connectivity index (χ4n) is 2.84. The quantitative estimate of drug-likeness (QED) is 0.326. The van der Waals surface area contributed by atoms with Crippen molar-refractivity contribution in [3.05, 3.63) is 125 Å². The van der Waals surface area contributed by atoms with Crippen molar-refractivity contribution in [2.24, 2.45) is 0 Å². The highest BCUT2D eigenvalue weighted by Gasteiger charge is 2.18. The Bertz CT molecular complexity index is 1130. The predicted octanol–water partition coefficient (Wildman–Crippen LogP) is 4.95. The molecule has 5 heteroatoms.